The lowest BCUT2D eigenvalue weighted by atomic mass is 10.3. The molecule has 0 amide bonds. The molecule has 4 nitrogen and oxygen atoms in total. The number of para-hydroxylation sites is 2. The second-order valence-electron chi connectivity index (χ2n) is 5.31. The Labute approximate surface area is 154 Å². The molecule has 0 fully saturated rings. The van der Waals surface area contributed by atoms with E-state index in [9.17, 15) is 9.13 Å². The van der Waals surface area contributed by atoms with E-state index >= 15 is 0 Å². The zero-order valence-electron chi connectivity index (χ0n) is 13.3. The van der Waals surface area contributed by atoms with Crippen molar-refractivity contribution in [3.63, 3.8) is 0 Å². The van der Waals surface area contributed by atoms with Crippen LogP contribution in [0.15, 0.2) is 60.7 Å². The van der Waals surface area contributed by atoms with Crippen LogP contribution in [0.5, 0.6) is 11.5 Å². The quantitative estimate of drug-likeness (QED) is 0.524. The van der Waals surface area contributed by atoms with Gasteiger partial charge in [-0.25, -0.2) is 0 Å². The maximum Gasteiger partial charge on any atom is 0.242 e. The molecule has 2 aromatic rings. The Bertz CT molecular complexity index is 586. The van der Waals surface area contributed by atoms with Gasteiger partial charge in [-0.1, -0.05) is 58.7 Å². The molecule has 2 rings (SSSR count). The van der Waals surface area contributed by atoms with E-state index in [0.717, 1.165) is 0 Å². The summed E-state index contributed by atoms with van der Waals surface area (Å²) in [6.45, 7) is 6.39. The molecular weight excluding hydrogens is 354 g/mol. The van der Waals surface area contributed by atoms with Crippen LogP contribution < -0.4 is 9.05 Å². The molecule has 25 heavy (non-hydrogen) atoms. The summed E-state index contributed by atoms with van der Waals surface area (Å²) in [5, 5.41) is 0. The summed E-state index contributed by atoms with van der Waals surface area (Å²) >= 11 is 0. The van der Waals surface area contributed by atoms with E-state index in [1.54, 1.807) is 50.9 Å². The van der Waals surface area contributed by atoms with Crippen LogP contribution >= 0.6 is 14.7 Å². The van der Waals surface area contributed by atoms with E-state index in [2.05, 4.69) is 0 Å². The molecule has 0 aliphatic heterocycles. The van der Waals surface area contributed by atoms with E-state index in [4.69, 9.17) is 9.05 Å². The first-order chi connectivity index (χ1) is 10.2. The van der Waals surface area contributed by atoms with Gasteiger partial charge < -0.3 is 9.05 Å². The summed E-state index contributed by atoms with van der Waals surface area (Å²) in [6, 6.07) is 18.4. The van der Waals surface area contributed by atoms with E-state index in [1.165, 1.54) is 0 Å². The Morgan fingerprint density at radius 2 is 0.800 bits per heavy atom. The van der Waals surface area contributed by atoms with Crippen LogP contribution in [0.25, 0.3) is 0 Å². The molecule has 0 bridgehead atoms. The van der Waals surface area contributed by atoms with Crippen molar-refractivity contribution in [2.45, 2.75) is 22.3 Å². The van der Waals surface area contributed by atoms with Gasteiger partial charge in [-0.3, -0.25) is 9.13 Å². The van der Waals surface area contributed by atoms with Crippen molar-refractivity contribution in [1.29, 1.82) is 0 Å². The topological polar surface area (TPSA) is 52.6 Å². The van der Waals surface area contributed by atoms with E-state index in [1.807, 2.05) is 36.4 Å². The molecule has 0 aliphatic carbocycles. The predicted octanol–water partition coefficient (Wildman–Crippen LogP) is 7.11. The number of hydrogen-bond acceptors (Lipinski definition) is 4. The first-order valence-electron chi connectivity index (χ1n) is 6.75. The second-order valence-corrected chi connectivity index (χ2v) is 10.7. The molecule has 0 aromatic heterocycles. The summed E-state index contributed by atoms with van der Waals surface area (Å²) in [5.74, 6) is 1.33. The van der Waals surface area contributed by atoms with Gasteiger partial charge in [0.05, 0.1) is 0 Å². The van der Waals surface area contributed by atoms with E-state index in [-0.39, 0.29) is 22.3 Å². The fourth-order valence-electron chi connectivity index (χ4n) is 1.47. The van der Waals surface area contributed by atoms with Crippen molar-refractivity contribution in [3.05, 3.63) is 60.7 Å². The molecule has 0 spiro atoms. The summed E-state index contributed by atoms with van der Waals surface area (Å²) in [5.41, 5.74) is 0. The molecule has 0 radical (unpaired) electrons. The molecule has 0 saturated carbocycles. The summed E-state index contributed by atoms with van der Waals surface area (Å²) < 4.78 is 32.6. The van der Waals surface area contributed by atoms with Gasteiger partial charge >= 0.3 is 0 Å². The Balaban J connectivity index is -0.000000346. The standard InChI is InChI=1S/2C8H11O2P.3CH4/c2*1-11(2,9)10-8-6-4-3-5-7-8;;;/h2*3-7H,1-2H3;3*1H4. The SMILES string of the molecule is C.C.C.CP(C)(=O)Oc1ccccc1.CP(C)(=O)Oc1ccccc1. The molecule has 144 valence electrons. The van der Waals surface area contributed by atoms with Crippen LogP contribution in [0.4, 0.5) is 0 Å². The highest BCUT2D eigenvalue weighted by Crippen LogP contribution is 2.38. The van der Waals surface area contributed by atoms with Crippen LogP contribution in [0.2, 0.25) is 0 Å². The van der Waals surface area contributed by atoms with Crippen molar-refractivity contribution in [1.82, 2.24) is 0 Å². The van der Waals surface area contributed by atoms with E-state index < -0.39 is 14.7 Å². The van der Waals surface area contributed by atoms with Crippen molar-refractivity contribution in [2.75, 3.05) is 26.7 Å². The maximum atomic E-state index is 11.2. The largest absolute Gasteiger partial charge is 0.443 e. The average molecular weight is 388 g/mol. The Hall–Kier alpha value is -1.50. The number of benzene rings is 2. The molecule has 0 heterocycles. The zero-order chi connectivity index (χ0) is 16.6. The van der Waals surface area contributed by atoms with E-state index in [0.29, 0.717) is 11.5 Å². The molecule has 0 saturated heterocycles. The van der Waals surface area contributed by atoms with Gasteiger partial charge in [0, 0.05) is 26.7 Å². The molecule has 0 unspecified atom stereocenters. The van der Waals surface area contributed by atoms with Crippen LogP contribution in [0.1, 0.15) is 22.3 Å². The molecule has 0 N–H and O–H groups in total. The fraction of sp³-hybridized carbons (Fsp3) is 0.368. The van der Waals surface area contributed by atoms with Gasteiger partial charge in [-0.15, -0.1) is 0 Å². The third-order valence-electron chi connectivity index (χ3n) is 2.14. The van der Waals surface area contributed by atoms with Crippen LogP contribution in [-0.4, -0.2) is 26.7 Å². The minimum Gasteiger partial charge on any atom is -0.443 e. The lowest BCUT2D eigenvalue weighted by Crippen LogP contribution is -1.87. The monoisotopic (exact) mass is 388 g/mol. The van der Waals surface area contributed by atoms with Crippen molar-refractivity contribution >= 4 is 14.7 Å². The predicted molar refractivity (Wildman–Crippen MR) is 113 cm³/mol. The minimum atomic E-state index is -2.39. The minimum absolute atomic E-state index is 0. The Morgan fingerprint density at radius 3 is 1.00 bits per heavy atom. The zero-order valence-corrected chi connectivity index (χ0v) is 15.1. The first kappa shape index (κ1) is 28.3. The van der Waals surface area contributed by atoms with Crippen LogP contribution in [0.3, 0.4) is 0 Å². The third kappa shape index (κ3) is 15.8. The summed E-state index contributed by atoms with van der Waals surface area (Å²) in [4.78, 5) is 0. The Morgan fingerprint density at radius 1 is 0.560 bits per heavy atom. The van der Waals surface area contributed by atoms with Crippen LogP contribution in [-0.2, 0) is 9.13 Å². The number of rotatable bonds is 4. The average Bonchev–Trinajstić information content (AvgIpc) is 2.38. The smallest absolute Gasteiger partial charge is 0.242 e. The third-order valence-corrected chi connectivity index (χ3v) is 3.44. The summed E-state index contributed by atoms with van der Waals surface area (Å²) in [6.07, 6.45) is 0. The Kier molecular flexibility index (Phi) is 14.5. The molecule has 2 aromatic carbocycles. The second kappa shape index (κ2) is 12.8. The van der Waals surface area contributed by atoms with Gasteiger partial charge in [0.1, 0.15) is 11.5 Å². The van der Waals surface area contributed by atoms with Crippen molar-refractivity contribution in [2.24, 2.45) is 0 Å². The number of hydrogen-bond donors (Lipinski definition) is 0. The van der Waals surface area contributed by atoms with Crippen LogP contribution in [0, 0.1) is 0 Å². The highest BCUT2D eigenvalue weighted by Gasteiger charge is 2.07. The highest BCUT2D eigenvalue weighted by atomic mass is 31.2. The molecule has 6 heteroatoms. The highest BCUT2D eigenvalue weighted by molar-refractivity contribution is 7.58. The first-order valence-corrected chi connectivity index (χ1v) is 11.8. The van der Waals surface area contributed by atoms with Crippen molar-refractivity contribution < 1.29 is 18.2 Å². The van der Waals surface area contributed by atoms with Gasteiger partial charge in [-0.2, -0.15) is 0 Å². The van der Waals surface area contributed by atoms with Crippen molar-refractivity contribution in [3.8, 4) is 11.5 Å². The molecule has 0 aliphatic rings. The molecular formula is C19H34O4P2. The maximum absolute atomic E-state index is 11.2. The summed E-state index contributed by atoms with van der Waals surface area (Å²) in [7, 11) is -4.78. The lowest BCUT2D eigenvalue weighted by molar-refractivity contribution is 0.493. The normalized spacial score (nSPS) is 9.76. The lowest BCUT2D eigenvalue weighted by Gasteiger charge is -2.08. The molecule has 0 atom stereocenters. The van der Waals surface area contributed by atoms with Gasteiger partial charge in [0.15, 0.2) is 0 Å². The fourth-order valence-corrected chi connectivity index (χ4v) is 2.73. The van der Waals surface area contributed by atoms with Gasteiger partial charge in [-0.05, 0) is 24.3 Å². The van der Waals surface area contributed by atoms with Gasteiger partial charge in [0.25, 0.3) is 0 Å². The van der Waals surface area contributed by atoms with Gasteiger partial charge in [0.2, 0.25) is 14.7 Å².